The normalized spacial score (nSPS) is 11.9. The molecule has 0 saturated heterocycles. The number of carbonyl (C=O) groups excluding carboxylic acids is 2. The van der Waals surface area contributed by atoms with E-state index in [0.717, 1.165) is 14.8 Å². The van der Waals surface area contributed by atoms with E-state index < -0.39 is 28.5 Å². The van der Waals surface area contributed by atoms with E-state index in [-0.39, 0.29) is 17.3 Å². The van der Waals surface area contributed by atoms with Gasteiger partial charge in [-0.15, -0.1) is 11.8 Å². The van der Waals surface area contributed by atoms with Gasteiger partial charge in [0.25, 0.3) is 10.0 Å². The quantitative estimate of drug-likeness (QED) is 0.337. The number of thioether (sulfide) groups is 1. The average Bonchev–Trinajstić information content (AvgIpc) is 2.95. The molecule has 0 spiro atoms. The van der Waals surface area contributed by atoms with E-state index in [1.165, 1.54) is 35.8 Å². The number of rotatable bonds is 12. The first kappa shape index (κ1) is 29.1. The average molecular weight is 556 g/mol. The van der Waals surface area contributed by atoms with E-state index in [1.54, 1.807) is 43.3 Å². The SMILES string of the molecule is CCOc1ccc(N(CC(=O)N(Cc2ccccc2)[C@@H](C)C(=O)NC)S(=O)(=O)c2ccc(SC)cc2)cc1. The lowest BCUT2D eigenvalue weighted by Gasteiger charge is -2.31. The van der Waals surface area contributed by atoms with Crippen molar-refractivity contribution in [2.24, 2.45) is 0 Å². The summed E-state index contributed by atoms with van der Waals surface area (Å²) in [6, 6.07) is 21.5. The summed E-state index contributed by atoms with van der Waals surface area (Å²) in [6.07, 6.45) is 1.91. The van der Waals surface area contributed by atoms with Crippen molar-refractivity contribution < 1.29 is 22.7 Å². The minimum Gasteiger partial charge on any atom is -0.494 e. The predicted octanol–water partition coefficient (Wildman–Crippen LogP) is 4.17. The van der Waals surface area contributed by atoms with Crippen LogP contribution in [0.3, 0.4) is 0 Å². The molecule has 1 atom stereocenters. The van der Waals surface area contributed by atoms with Crippen molar-refractivity contribution in [1.29, 1.82) is 0 Å². The van der Waals surface area contributed by atoms with Gasteiger partial charge in [-0.05, 0) is 74.2 Å². The number of hydrogen-bond acceptors (Lipinski definition) is 6. The van der Waals surface area contributed by atoms with Gasteiger partial charge in [0, 0.05) is 18.5 Å². The second-order valence-electron chi connectivity index (χ2n) is 8.41. The van der Waals surface area contributed by atoms with Crippen LogP contribution >= 0.6 is 11.8 Å². The summed E-state index contributed by atoms with van der Waals surface area (Å²) in [6.45, 7) is 3.60. The van der Waals surface area contributed by atoms with Gasteiger partial charge in [-0.3, -0.25) is 13.9 Å². The number of anilines is 1. The van der Waals surface area contributed by atoms with Crippen molar-refractivity contribution in [1.82, 2.24) is 10.2 Å². The second-order valence-corrected chi connectivity index (χ2v) is 11.2. The topological polar surface area (TPSA) is 96.0 Å². The Morgan fingerprint density at radius 2 is 1.61 bits per heavy atom. The number of benzene rings is 3. The number of nitrogens with one attached hydrogen (secondary N) is 1. The molecule has 0 unspecified atom stereocenters. The maximum Gasteiger partial charge on any atom is 0.264 e. The second kappa shape index (κ2) is 13.3. The minimum absolute atomic E-state index is 0.0611. The summed E-state index contributed by atoms with van der Waals surface area (Å²) < 4.78 is 34.3. The molecule has 38 heavy (non-hydrogen) atoms. The van der Waals surface area contributed by atoms with E-state index in [4.69, 9.17) is 4.74 Å². The zero-order valence-corrected chi connectivity index (χ0v) is 23.6. The number of sulfonamides is 1. The first-order valence-electron chi connectivity index (χ1n) is 12.2. The standard InChI is InChI=1S/C28H33N3O5S2/c1-5-36-24-13-11-23(12-14-24)31(38(34,35)26-17-15-25(37-4)16-18-26)20-27(32)30(21(2)28(33)29-3)19-22-9-7-6-8-10-22/h6-18,21H,5,19-20H2,1-4H3,(H,29,33)/t21-/m0/s1. The highest BCUT2D eigenvalue weighted by Crippen LogP contribution is 2.28. The van der Waals surface area contributed by atoms with Crippen LogP contribution in [0.5, 0.6) is 5.75 Å². The molecule has 3 aromatic carbocycles. The van der Waals surface area contributed by atoms with Gasteiger partial charge in [0.05, 0.1) is 17.2 Å². The van der Waals surface area contributed by atoms with Crippen molar-refractivity contribution in [3.8, 4) is 5.75 Å². The van der Waals surface area contributed by atoms with Gasteiger partial charge >= 0.3 is 0 Å². The van der Waals surface area contributed by atoms with E-state index in [9.17, 15) is 18.0 Å². The number of amides is 2. The van der Waals surface area contributed by atoms with Crippen molar-refractivity contribution in [3.63, 3.8) is 0 Å². The van der Waals surface area contributed by atoms with E-state index in [2.05, 4.69) is 5.32 Å². The van der Waals surface area contributed by atoms with Gasteiger partial charge in [-0.25, -0.2) is 8.42 Å². The Kier molecular flexibility index (Phi) is 10.2. The van der Waals surface area contributed by atoms with Crippen LogP contribution in [-0.2, 0) is 26.2 Å². The van der Waals surface area contributed by atoms with Crippen molar-refractivity contribution in [3.05, 3.63) is 84.4 Å². The van der Waals surface area contributed by atoms with Crippen molar-refractivity contribution >= 4 is 39.3 Å². The number of likely N-dealkylation sites (N-methyl/N-ethyl adjacent to an activating group) is 1. The molecule has 3 aromatic rings. The molecule has 8 nitrogen and oxygen atoms in total. The van der Waals surface area contributed by atoms with Crippen LogP contribution in [0.15, 0.2) is 88.7 Å². The maximum absolute atomic E-state index is 13.9. The highest BCUT2D eigenvalue weighted by Gasteiger charge is 2.32. The molecule has 0 bridgehead atoms. The lowest BCUT2D eigenvalue weighted by molar-refractivity contribution is -0.139. The summed E-state index contributed by atoms with van der Waals surface area (Å²) in [4.78, 5) is 28.7. The zero-order valence-electron chi connectivity index (χ0n) is 22.0. The zero-order chi connectivity index (χ0) is 27.7. The van der Waals surface area contributed by atoms with Crippen LogP contribution in [0.1, 0.15) is 19.4 Å². The van der Waals surface area contributed by atoms with Crippen LogP contribution in [0, 0.1) is 0 Å². The van der Waals surface area contributed by atoms with Crippen LogP contribution in [0.4, 0.5) is 5.69 Å². The third-order valence-electron chi connectivity index (χ3n) is 5.97. The molecule has 1 N–H and O–H groups in total. The van der Waals surface area contributed by atoms with Crippen LogP contribution in [0.25, 0.3) is 0 Å². The van der Waals surface area contributed by atoms with Gasteiger partial charge in [0.15, 0.2) is 0 Å². The fraction of sp³-hybridized carbons (Fsp3) is 0.286. The Morgan fingerprint density at radius 3 is 2.16 bits per heavy atom. The number of hydrogen-bond donors (Lipinski definition) is 1. The van der Waals surface area contributed by atoms with Crippen LogP contribution in [-0.4, -0.2) is 57.6 Å². The summed E-state index contributed by atoms with van der Waals surface area (Å²) in [5.74, 6) is -0.274. The molecule has 2 amide bonds. The highest BCUT2D eigenvalue weighted by atomic mass is 32.2. The summed E-state index contributed by atoms with van der Waals surface area (Å²) in [5.41, 5.74) is 1.13. The molecule has 0 aromatic heterocycles. The molecule has 0 aliphatic rings. The molecule has 0 saturated carbocycles. The molecular weight excluding hydrogens is 522 g/mol. The first-order chi connectivity index (χ1) is 18.2. The monoisotopic (exact) mass is 555 g/mol. The molecule has 0 radical (unpaired) electrons. The van der Waals surface area contributed by atoms with Gasteiger partial charge in [-0.2, -0.15) is 0 Å². The summed E-state index contributed by atoms with van der Waals surface area (Å²) in [7, 11) is -2.62. The Labute approximate surface area is 229 Å². The number of carbonyl (C=O) groups is 2. The summed E-state index contributed by atoms with van der Waals surface area (Å²) >= 11 is 1.50. The lowest BCUT2D eigenvalue weighted by atomic mass is 10.1. The Bertz CT molecular complexity index is 1310. The van der Waals surface area contributed by atoms with E-state index in [0.29, 0.717) is 18.0 Å². The molecule has 10 heteroatoms. The Balaban J connectivity index is 2.02. The first-order valence-corrected chi connectivity index (χ1v) is 14.8. The number of ether oxygens (including phenoxy) is 1. The van der Waals surface area contributed by atoms with Gasteiger partial charge in [0.2, 0.25) is 11.8 Å². The third kappa shape index (κ3) is 7.08. The molecule has 202 valence electrons. The summed E-state index contributed by atoms with van der Waals surface area (Å²) in [5, 5.41) is 2.58. The highest BCUT2D eigenvalue weighted by molar-refractivity contribution is 7.98. The van der Waals surface area contributed by atoms with Crippen molar-refractivity contribution in [2.45, 2.75) is 36.2 Å². The molecular formula is C28H33N3O5S2. The maximum atomic E-state index is 13.9. The Morgan fingerprint density at radius 1 is 0.974 bits per heavy atom. The molecule has 0 aliphatic carbocycles. The molecule has 3 rings (SSSR count). The van der Waals surface area contributed by atoms with Gasteiger partial charge < -0.3 is 15.0 Å². The molecule has 0 aliphatic heterocycles. The van der Waals surface area contributed by atoms with Gasteiger partial charge in [-0.1, -0.05) is 30.3 Å². The number of nitrogens with zero attached hydrogens (tertiary/aromatic N) is 2. The molecule has 0 heterocycles. The fourth-order valence-electron chi connectivity index (χ4n) is 3.85. The Hall–Kier alpha value is -3.50. The smallest absolute Gasteiger partial charge is 0.264 e. The fourth-order valence-corrected chi connectivity index (χ4v) is 5.67. The lowest BCUT2D eigenvalue weighted by Crippen LogP contribution is -2.50. The minimum atomic E-state index is -4.12. The largest absolute Gasteiger partial charge is 0.494 e. The van der Waals surface area contributed by atoms with Gasteiger partial charge in [0.1, 0.15) is 18.3 Å². The van der Waals surface area contributed by atoms with E-state index >= 15 is 0 Å². The third-order valence-corrected chi connectivity index (χ3v) is 8.50. The van der Waals surface area contributed by atoms with Crippen molar-refractivity contribution in [2.75, 3.05) is 30.8 Å². The van der Waals surface area contributed by atoms with Crippen LogP contribution < -0.4 is 14.4 Å². The molecule has 0 fully saturated rings. The predicted molar refractivity (Wildman–Crippen MR) is 151 cm³/mol. The van der Waals surface area contributed by atoms with Crippen LogP contribution in [0.2, 0.25) is 0 Å². The van der Waals surface area contributed by atoms with E-state index in [1.807, 2.05) is 43.5 Å².